The van der Waals surface area contributed by atoms with Gasteiger partial charge in [-0.15, -0.1) is 0 Å². The van der Waals surface area contributed by atoms with Crippen molar-refractivity contribution in [3.8, 4) is 6.07 Å². The highest BCUT2D eigenvalue weighted by Gasteiger charge is 2.22. The molecule has 5 heteroatoms. The number of carboxylic acid groups (broad SMARTS) is 1. The Labute approximate surface area is 96.3 Å². The van der Waals surface area contributed by atoms with Crippen LogP contribution in [0.3, 0.4) is 0 Å². The normalized spacial score (nSPS) is 20.2. The molecule has 1 aliphatic heterocycles. The SMILES string of the molecule is CCC(C#N)N1CCN(CCC(=O)O)CC1. The Hall–Kier alpha value is -1.12. The molecule has 0 saturated carbocycles. The standard InChI is InChI=1S/C11H19N3O2/c1-2-10(9-12)14-7-5-13(6-8-14)4-3-11(15)16/h10H,2-8H2,1H3,(H,15,16). The van der Waals surface area contributed by atoms with Gasteiger partial charge in [-0.3, -0.25) is 9.69 Å². The molecule has 1 fully saturated rings. The monoisotopic (exact) mass is 225 g/mol. The number of carbonyl (C=O) groups is 1. The lowest BCUT2D eigenvalue weighted by atomic mass is 10.2. The first-order valence-electron chi connectivity index (χ1n) is 5.75. The van der Waals surface area contributed by atoms with Crippen molar-refractivity contribution in [2.24, 2.45) is 0 Å². The summed E-state index contributed by atoms with van der Waals surface area (Å²) in [6.45, 7) is 6.10. The quantitative estimate of drug-likeness (QED) is 0.732. The van der Waals surface area contributed by atoms with Crippen LogP contribution in [-0.2, 0) is 4.79 Å². The van der Waals surface area contributed by atoms with Gasteiger partial charge in [-0.05, 0) is 6.42 Å². The second-order valence-corrected chi connectivity index (χ2v) is 4.07. The third kappa shape index (κ3) is 3.80. The fourth-order valence-electron chi connectivity index (χ4n) is 1.98. The van der Waals surface area contributed by atoms with Gasteiger partial charge in [0.05, 0.1) is 18.5 Å². The van der Waals surface area contributed by atoms with Crippen LogP contribution in [0.25, 0.3) is 0 Å². The summed E-state index contributed by atoms with van der Waals surface area (Å²) in [5, 5.41) is 17.5. The zero-order valence-corrected chi connectivity index (χ0v) is 9.72. The molecular formula is C11H19N3O2. The summed E-state index contributed by atoms with van der Waals surface area (Å²) in [4.78, 5) is 14.8. The molecule has 0 amide bonds. The lowest BCUT2D eigenvalue weighted by molar-refractivity contribution is -0.137. The Kier molecular flexibility index (Phi) is 5.23. The van der Waals surface area contributed by atoms with Gasteiger partial charge in [-0.25, -0.2) is 0 Å². The lowest BCUT2D eigenvalue weighted by Crippen LogP contribution is -2.50. The van der Waals surface area contributed by atoms with E-state index in [0.717, 1.165) is 32.6 Å². The van der Waals surface area contributed by atoms with Crippen molar-refractivity contribution in [3.63, 3.8) is 0 Å². The maximum Gasteiger partial charge on any atom is 0.304 e. The topological polar surface area (TPSA) is 67.6 Å². The smallest absolute Gasteiger partial charge is 0.304 e. The summed E-state index contributed by atoms with van der Waals surface area (Å²) in [6, 6.07) is 2.32. The first-order chi connectivity index (χ1) is 7.67. The van der Waals surface area contributed by atoms with E-state index in [1.165, 1.54) is 0 Å². The molecule has 0 aliphatic carbocycles. The second kappa shape index (κ2) is 6.46. The fraction of sp³-hybridized carbons (Fsp3) is 0.818. The summed E-state index contributed by atoms with van der Waals surface area (Å²) in [5.74, 6) is -0.745. The molecule has 90 valence electrons. The van der Waals surface area contributed by atoms with Crippen LogP contribution in [0.2, 0.25) is 0 Å². The number of piperazine rings is 1. The predicted molar refractivity (Wildman–Crippen MR) is 60.0 cm³/mol. The third-order valence-corrected chi connectivity index (χ3v) is 3.03. The molecule has 1 unspecified atom stereocenters. The highest BCUT2D eigenvalue weighted by molar-refractivity contribution is 5.66. The number of hydrogen-bond donors (Lipinski definition) is 1. The Morgan fingerprint density at radius 1 is 1.44 bits per heavy atom. The summed E-state index contributed by atoms with van der Waals surface area (Å²) >= 11 is 0. The molecule has 0 spiro atoms. The number of nitrogens with zero attached hydrogens (tertiary/aromatic N) is 3. The fourth-order valence-corrected chi connectivity index (χ4v) is 1.98. The number of nitriles is 1. The van der Waals surface area contributed by atoms with E-state index in [0.29, 0.717) is 6.54 Å². The summed E-state index contributed by atoms with van der Waals surface area (Å²) < 4.78 is 0. The van der Waals surface area contributed by atoms with E-state index in [4.69, 9.17) is 10.4 Å². The molecule has 1 N–H and O–H groups in total. The Morgan fingerprint density at radius 3 is 2.50 bits per heavy atom. The van der Waals surface area contributed by atoms with E-state index < -0.39 is 5.97 Å². The minimum atomic E-state index is -0.745. The molecule has 1 atom stereocenters. The first-order valence-corrected chi connectivity index (χ1v) is 5.75. The highest BCUT2D eigenvalue weighted by Crippen LogP contribution is 2.08. The van der Waals surface area contributed by atoms with Crippen LogP contribution in [0.1, 0.15) is 19.8 Å². The molecule has 0 aromatic heterocycles. The van der Waals surface area contributed by atoms with Crippen molar-refractivity contribution in [2.45, 2.75) is 25.8 Å². The van der Waals surface area contributed by atoms with Crippen molar-refractivity contribution in [1.29, 1.82) is 5.26 Å². The van der Waals surface area contributed by atoms with Crippen LogP contribution in [0.4, 0.5) is 0 Å². The summed E-state index contributed by atoms with van der Waals surface area (Å²) in [7, 11) is 0. The van der Waals surface area contributed by atoms with Gasteiger partial charge in [0.25, 0.3) is 0 Å². The molecule has 5 nitrogen and oxygen atoms in total. The van der Waals surface area contributed by atoms with E-state index in [-0.39, 0.29) is 12.5 Å². The number of carboxylic acids is 1. The first kappa shape index (κ1) is 12.9. The van der Waals surface area contributed by atoms with Crippen molar-refractivity contribution in [3.05, 3.63) is 0 Å². The molecule has 0 aromatic carbocycles. The minimum Gasteiger partial charge on any atom is -0.481 e. The van der Waals surface area contributed by atoms with Crippen LogP contribution >= 0.6 is 0 Å². The van der Waals surface area contributed by atoms with E-state index in [2.05, 4.69) is 15.9 Å². The molecule has 1 saturated heterocycles. The van der Waals surface area contributed by atoms with Gasteiger partial charge in [0.1, 0.15) is 0 Å². The van der Waals surface area contributed by atoms with Crippen LogP contribution < -0.4 is 0 Å². The molecular weight excluding hydrogens is 206 g/mol. The predicted octanol–water partition coefficient (Wildman–Crippen LogP) is 0.381. The Morgan fingerprint density at radius 2 is 2.06 bits per heavy atom. The molecule has 16 heavy (non-hydrogen) atoms. The number of rotatable bonds is 5. The van der Waals surface area contributed by atoms with Crippen molar-refractivity contribution >= 4 is 5.97 Å². The van der Waals surface area contributed by atoms with Gasteiger partial charge in [0.2, 0.25) is 0 Å². The molecule has 0 radical (unpaired) electrons. The molecule has 1 rings (SSSR count). The van der Waals surface area contributed by atoms with Gasteiger partial charge in [-0.2, -0.15) is 5.26 Å². The third-order valence-electron chi connectivity index (χ3n) is 3.03. The van der Waals surface area contributed by atoms with Gasteiger partial charge < -0.3 is 10.0 Å². The minimum absolute atomic E-state index is 0.0154. The van der Waals surface area contributed by atoms with E-state index in [9.17, 15) is 4.79 Å². The Balaban J connectivity index is 2.28. The number of aliphatic carboxylic acids is 1. The average Bonchev–Trinajstić information content (AvgIpc) is 2.29. The summed E-state index contributed by atoms with van der Waals surface area (Å²) in [6.07, 6.45) is 1.06. The van der Waals surface area contributed by atoms with Crippen LogP contribution in [0, 0.1) is 11.3 Å². The van der Waals surface area contributed by atoms with Gasteiger partial charge in [0.15, 0.2) is 0 Å². The lowest BCUT2D eigenvalue weighted by Gasteiger charge is -2.36. The second-order valence-electron chi connectivity index (χ2n) is 4.07. The average molecular weight is 225 g/mol. The zero-order chi connectivity index (χ0) is 12.0. The maximum absolute atomic E-state index is 10.4. The van der Waals surface area contributed by atoms with Gasteiger partial charge in [0, 0.05) is 32.7 Å². The largest absolute Gasteiger partial charge is 0.481 e. The zero-order valence-electron chi connectivity index (χ0n) is 9.72. The Bertz CT molecular complexity index is 267. The van der Waals surface area contributed by atoms with Crippen LogP contribution in [-0.4, -0.2) is 59.6 Å². The summed E-state index contributed by atoms with van der Waals surface area (Å²) in [5.41, 5.74) is 0. The van der Waals surface area contributed by atoms with E-state index in [1.54, 1.807) is 0 Å². The molecule has 0 bridgehead atoms. The molecule has 0 aromatic rings. The van der Waals surface area contributed by atoms with Crippen molar-refractivity contribution in [1.82, 2.24) is 9.80 Å². The van der Waals surface area contributed by atoms with E-state index >= 15 is 0 Å². The molecule has 1 aliphatic rings. The maximum atomic E-state index is 10.4. The highest BCUT2D eigenvalue weighted by atomic mass is 16.4. The molecule has 1 heterocycles. The van der Waals surface area contributed by atoms with Gasteiger partial charge >= 0.3 is 5.97 Å². The van der Waals surface area contributed by atoms with Crippen molar-refractivity contribution in [2.75, 3.05) is 32.7 Å². The van der Waals surface area contributed by atoms with Gasteiger partial charge in [-0.1, -0.05) is 6.92 Å². The van der Waals surface area contributed by atoms with E-state index in [1.807, 2.05) is 6.92 Å². The number of hydrogen-bond acceptors (Lipinski definition) is 4. The van der Waals surface area contributed by atoms with Crippen LogP contribution in [0.5, 0.6) is 0 Å². The van der Waals surface area contributed by atoms with Crippen LogP contribution in [0.15, 0.2) is 0 Å². The van der Waals surface area contributed by atoms with Crippen molar-refractivity contribution < 1.29 is 9.90 Å².